The molecule has 1 aromatic carbocycles. The van der Waals surface area contributed by atoms with E-state index in [1.807, 2.05) is 0 Å². The van der Waals surface area contributed by atoms with Crippen LogP contribution in [0.1, 0.15) is 84.4 Å². The van der Waals surface area contributed by atoms with Gasteiger partial charge in [0, 0.05) is 10.8 Å². The van der Waals surface area contributed by atoms with Crippen molar-refractivity contribution in [2.24, 2.45) is 22.2 Å². The molecule has 3 aliphatic rings. The Bertz CT molecular complexity index is 1120. The predicted octanol–water partition coefficient (Wildman–Crippen LogP) is 8.96. The maximum absolute atomic E-state index is 4.74. The summed E-state index contributed by atoms with van der Waals surface area (Å²) in [6.07, 6.45) is 1.09. The van der Waals surface area contributed by atoms with Gasteiger partial charge in [-0.15, -0.1) is 0 Å². The molecule has 31 heavy (non-hydrogen) atoms. The van der Waals surface area contributed by atoms with Crippen LogP contribution in [-0.2, 0) is 0 Å². The Morgan fingerprint density at radius 1 is 1.03 bits per heavy atom. The van der Waals surface area contributed by atoms with Crippen molar-refractivity contribution in [2.45, 2.75) is 74.7 Å². The molecular formula is C31H40. The van der Waals surface area contributed by atoms with Gasteiger partial charge in [-0.2, -0.15) is 0 Å². The van der Waals surface area contributed by atoms with Crippen molar-refractivity contribution in [2.75, 3.05) is 0 Å². The van der Waals surface area contributed by atoms with Gasteiger partial charge in [0.05, 0.1) is 0 Å². The second-order valence-corrected chi connectivity index (χ2v) is 11.4. The maximum atomic E-state index is 4.74. The van der Waals surface area contributed by atoms with Crippen LogP contribution in [0.3, 0.4) is 0 Å². The highest BCUT2D eigenvalue weighted by molar-refractivity contribution is 5.87. The molecule has 0 heterocycles. The molecule has 1 aromatic rings. The van der Waals surface area contributed by atoms with Crippen molar-refractivity contribution in [3.05, 3.63) is 88.1 Å². The Labute approximate surface area is 190 Å². The van der Waals surface area contributed by atoms with E-state index in [9.17, 15) is 0 Å². The lowest BCUT2D eigenvalue weighted by atomic mass is 9.37. The number of hydrogen-bond acceptors (Lipinski definition) is 0. The first-order valence-corrected chi connectivity index (χ1v) is 11.8. The molecule has 0 amide bonds. The highest BCUT2D eigenvalue weighted by Gasteiger charge is 2.64. The summed E-state index contributed by atoms with van der Waals surface area (Å²) in [5.41, 5.74) is 13.5. The molecule has 0 unspecified atom stereocenters. The Balaban J connectivity index is 2.11. The Hall–Kier alpha value is -2.08. The van der Waals surface area contributed by atoms with E-state index in [-0.39, 0.29) is 16.2 Å². The standard InChI is InChI=1S/C31H40/c1-17(2)26-19(4)16-29(10)24(9)30(11)21(6)25-15-13-14-18(3)27(25)20(5)28(30)23(8)31(29,12)22(26)7/h13-15,21,24H,1,5,7,16H2,2-4,6,8-12H3/t21-,24+,29+,30-,31-/m1/s1. The zero-order valence-electron chi connectivity index (χ0n) is 21.2. The summed E-state index contributed by atoms with van der Waals surface area (Å²) in [5, 5.41) is 0. The van der Waals surface area contributed by atoms with Crippen LogP contribution in [0.5, 0.6) is 0 Å². The first-order valence-electron chi connectivity index (χ1n) is 11.8. The molecule has 164 valence electrons. The van der Waals surface area contributed by atoms with E-state index in [4.69, 9.17) is 13.2 Å². The lowest BCUT2D eigenvalue weighted by molar-refractivity contribution is -0.0260. The molecule has 0 spiro atoms. The summed E-state index contributed by atoms with van der Waals surface area (Å²) < 4.78 is 0. The fourth-order valence-corrected chi connectivity index (χ4v) is 8.12. The lowest BCUT2D eigenvalue weighted by Gasteiger charge is -2.67. The van der Waals surface area contributed by atoms with Gasteiger partial charge in [0.1, 0.15) is 0 Å². The van der Waals surface area contributed by atoms with Crippen molar-refractivity contribution in [3.8, 4) is 0 Å². The molecule has 0 heteroatoms. The largest absolute Gasteiger partial charge is 0.0955 e. The quantitative estimate of drug-likeness (QED) is 0.432. The summed E-state index contributed by atoms with van der Waals surface area (Å²) in [5.74, 6) is 0.914. The molecule has 0 radical (unpaired) electrons. The van der Waals surface area contributed by atoms with Crippen LogP contribution in [0, 0.1) is 29.1 Å². The van der Waals surface area contributed by atoms with Gasteiger partial charge in [-0.3, -0.25) is 0 Å². The summed E-state index contributed by atoms with van der Waals surface area (Å²) in [4.78, 5) is 0. The average molecular weight is 413 g/mol. The first kappa shape index (κ1) is 22.1. The SMILES string of the molecule is C=C(C)C1=C(C)C[C@@]2(C)[C@H](C)[C@]3(C)C(=C(C)[C@@]2(C)C1=C)C(=C)c1c(C)cccc1[C@H]3C. The van der Waals surface area contributed by atoms with E-state index >= 15 is 0 Å². The normalized spacial score (nSPS) is 37.5. The van der Waals surface area contributed by atoms with Crippen molar-refractivity contribution < 1.29 is 0 Å². The van der Waals surface area contributed by atoms with Gasteiger partial charge < -0.3 is 0 Å². The van der Waals surface area contributed by atoms with Gasteiger partial charge in [-0.25, -0.2) is 0 Å². The number of fused-ring (bicyclic) bond motifs is 3. The van der Waals surface area contributed by atoms with Crippen LogP contribution < -0.4 is 0 Å². The third-order valence-electron chi connectivity index (χ3n) is 10.3. The van der Waals surface area contributed by atoms with E-state index < -0.39 is 0 Å². The van der Waals surface area contributed by atoms with Gasteiger partial charge in [-0.1, -0.05) is 89.3 Å². The fourth-order valence-electron chi connectivity index (χ4n) is 8.12. The zero-order chi connectivity index (χ0) is 23.3. The van der Waals surface area contributed by atoms with Crippen molar-refractivity contribution in [1.29, 1.82) is 0 Å². The lowest BCUT2D eigenvalue weighted by Crippen LogP contribution is -2.58. The van der Waals surface area contributed by atoms with E-state index in [1.54, 1.807) is 0 Å². The number of hydrogen-bond donors (Lipinski definition) is 0. The van der Waals surface area contributed by atoms with Crippen molar-refractivity contribution >= 4 is 5.57 Å². The average Bonchev–Trinajstić information content (AvgIpc) is 2.68. The zero-order valence-corrected chi connectivity index (χ0v) is 21.2. The molecule has 0 bridgehead atoms. The highest BCUT2D eigenvalue weighted by atomic mass is 14.7. The molecule has 4 rings (SSSR count). The second-order valence-electron chi connectivity index (χ2n) is 11.4. The fraction of sp³-hybridized carbons (Fsp3) is 0.484. The molecule has 0 N–H and O–H groups in total. The molecule has 0 nitrogen and oxygen atoms in total. The number of allylic oxidation sites excluding steroid dienone is 7. The first-order chi connectivity index (χ1) is 14.3. The summed E-state index contributed by atoms with van der Waals surface area (Å²) >= 11 is 0. The predicted molar refractivity (Wildman–Crippen MR) is 136 cm³/mol. The Morgan fingerprint density at radius 3 is 2.23 bits per heavy atom. The van der Waals surface area contributed by atoms with Gasteiger partial charge in [0.15, 0.2) is 0 Å². The minimum Gasteiger partial charge on any atom is -0.0955 e. The molecule has 0 aliphatic heterocycles. The van der Waals surface area contributed by atoms with Gasteiger partial charge >= 0.3 is 0 Å². The molecule has 0 saturated carbocycles. The number of benzene rings is 1. The Kier molecular flexibility index (Phi) is 4.62. The van der Waals surface area contributed by atoms with E-state index in [2.05, 4.69) is 87.1 Å². The van der Waals surface area contributed by atoms with E-state index in [0.29, 0.717) is 11.8 Å². The second kappa shape index (κ2) is 6.47. The molecule has 0 fully saturated rings. The highest BCUT2D eigenvalue weighted by Crippen LogP contribution is 2.74. The van der Waals surface area contributed by atoms with Crippen molar-refractivity contribution in [1.82, 2.24) is 0 Å². The van der Waals surface area contributed by atoms with Gasteiger partial charge in [0.2, 0.25) is 0 Å². The minimum atomic E-state index is -0.113. The van der Waals surface area contributed by atoms with Gasteiger partial charge in [-0.05, 0) is 90.3 Å². The summed E-state index contributed by atoms with van der Waals surface area (Å²) in [6, 6.07) is 6.79. The van der Waals surface area contributed by atoms with E-state index in [1.165, 1.54) is 50.1 Å². The molecule has 0 aromatic heterocycles. The topological polar surface area (TPSA) is 0 Å². The minimum absolute atomic E-state index is 0.0392. The van der Waals surface area contributed by atoms with Crippen LogP contribution >= 0.6 is 0 Å². The van der Waals surface area contributed by atoms with Crippen LogP contribution in [0.15, 0.2) is 71.4 Å². The van der Waals surface area contributed by atoms with Gasteiger partial charge in [0.25, 0.3) is 0 Å². The number of rotatable bonds is 1. The smallest absolute Gasteiger partial charge is 0.0196 e. The van der Waals surface area contributed by atoms with Crippen molar-refractivity contribution in [3.63, 3.8) is 0 Å². The third kappa shape index (κ3) is 2.32. The molecule has 3 aliphatic carbocycles. The summed E-state index contributed by atoms with van der Waals surface area (Å²) in [7, 11) is 0. The van der Waals surface area contributed by atoms with E-state index in [0.717, 1.165) is 12.0 Å². The number of aryl methyl sites for hydroxylation is 1. The Morgan fingerprint density at radius 2 is 1.65 bits per heavy atom. The van der Waals surface area contributed by atoms with Crippen LogP contribution in [-0.4, -0.2) is 0 Å². The molecular weight excluding hydrogens is 372 g/mol. The molecule has 5 atom stereocenters. The third-order valence-corrected chi connectivity index (χ3v) is 10.3. The van der Waals surface area contributed by atoms with Crippen LogP contribution in [0.2, 0.25) is 0 Å². The monoisotopic (exact) mass is 412 g/mol. The molecule has 0 saturated heterocycles. The van der Waals surface area contributed by atoms with Crippen LogP contribution in [0.4, 0.5) is 0 Å². The summed E-state index contributed by atoms with van der Waals surface area (Å²) in [6.45, 7) is 35.3. The maximum Gasteiger partial charge on any atom is 0.0196 e. The van der Waals surface area contributed by atoms with Crippen LogP contribution in [0.25, 0.3) is 5.57 Å².